The molecule has 0 spiro atoms. The van der Waals surface area contributed by atoms with Gasteiger partial charge in [-0.3, -0.25) is 9.69 Å². The van der Waals surface area contributed by atoms with E-state index in [1.165, 1.54) is 5.01 Å². The van der Waals surface area contributed by atoms with Crippen molar-refractivity contribution in [1.82, 2.24) is 25.4 Å². The van der Waals surface area contributed by atoms with Crippen molar-refractivity contribution in [3.63, 3.8) is 0 Å². The number of guanidine groups is 1. The number of nitrogens with zero attached hydrogens (tertiary/aromatic N) is 4. The summed E-state index contributed by atoms with van der Waals surface area (Å²) in [6.45, 7) is 11.9. The summed E-state index contributed by atoms with van der Waals surface area (Å²) in [6.07, 6.45) is 2.28. The third-order valence-corrected chi connectivity index (χ3v) is 5.96. The Labute approximate surface area is 166 Å². The first-order valence-electron chi connectivity index (χ1n) is 10.0. The molecule has 1 aromatic rings. The van der Waals surface area contributed by atoms with Crippen LogP contribution in [0.2, 0.25) is 0 Å². The van der Waals surface area contributed by atoms with Gasteiger partial charge in [-0.2, -0.15) is 0 Å². The molecule has 1 saturated carbocycles. The molecule has 3 rings (SSSR count). The van der Waals surface area contributed by atoms with E-state index in [1.54, 1.807) is 11.3 Å². The van der Waals surface area contributed by atoms with Crippen LogP contribution in [0.5, 0.6) is 0 Å². The normalized spacial score (nSPS) is 18.8. The van der Waals surface area contributed by atoms with Crippen LogP contribution in [0.4, 0.5) is 0 Å². The SMILES string of the molecule is CCNC(=NCc1csc(C(C)C)n1)N1CCN(CC(=O)NC2CC2)CC1. The van der Waals surface area contributed by atoms with Crippen molar-refractivity contribution in [2.24, 2.45) is 4.99 Å². The standard InChI is InChI=1S/C19H32N6OS/c1-4-20-19(21-11-16-13-27-18(23-16)14(2)3)25-9-7-24(8-10-25)12-17(26)22-15-5-6-15/h13-15H,4-12H2,1-3H3,(H,20,21)(H,22,26). The molecule has 2 N–H and O–H groups in total. The Hall–Kier alpha value is -1.67. The van der Waals surface area contributed by atoms with E-state index in [0.717, 1.165) is 57.2 Å². The Kier molecular flexibility index (Phi) is 7.07. The van der Waals surface area contributed by atoms with Crippen molar-refractivity contribution < 1.29 is 4.79 Å². The molecule has 1 aliphatic carbocycles. The third kappa shape index (κ3) is 6.17. The van der Waals surface area contributed by atoms with Gasteiger partial charge in [-0.15, -0.1) is 11.3 Å². The quantitative estimate of drug-likeness (QED) is 0.545. The Morgan fingerprint density at radius 2 is 2.07 bits per heavy atom. The van der Waals surface area contributed by atoms with Gasteiger partial charge in [0.2, 0.25) is 5.91 Å². The zero-order valence-corrected chi connectivity index (χ0v) is 17.5. The Morgan fingerprint density at radius 3 is 2.67 bits per heavy atom. The Bertz CT molecular complexity index is 646. The van der Waals surface area contributed by atoms with Crippen LogP contribution in [0, 0.1) is 0 Å². The largest absolute Gasteiger partial charge is 0.357 e. The summed E-state index contributed by atoms with van der Waals surface area (Å²) >= 11 is 1.71. The fourth-order valence-electron chi connectivity index (χ4n) is 3.06. The molecule has 0 radical (unpaired) electrons. The molecule has 2 aliphatic rings. The fourth-order valence-corrected chi connectivity index (χ4v) is 3.89. The number of nitrogens with one attached hydrogen (secondary N) is 2. The number of aliphatic imine (C=N–C) groups is 1. The molecule has 7 nitrogen and oxygen atoms in total. The van der Waals surface area contributed by atoms with Crippen LogP contribution in [0.15, 0.2) is 10.4 Å². The lowest BCUT2D eigenvalue weighted by atomic mass is 10.2. The predicted octanol–water partition coefficient (Wildman–Crippen LogP) is 1.63. The first-order valence-corrected chi connectivity index (χ1v) is 10.9. The van der Waals surface area contributed by atoms with Crippen LogP contribution < -0.4 is 10.6 Å². The highest BCUT2D eigenvalue weighted by molar-refractivity contribution is 7.09. The van der Waals surface area contributed by atoms with Crippen molar-refractivity contribution in [3.05, 3.63) is 16.1 Å². The van der Waals surface area contributed by atoms with Gasteiger partial charge in [-0.1, -0.05) is 13.8 Å². The number of rotatable bonds is 7. The van der Waals surface area contributed by atoms with Crippen LogP contribution in [0.1, 0.15) is 50.2 Å². The number of hydrogen-bond acceptors (Lipinski definition) is 5. The lowest BCUT2D eigenvalue weighted by Gasteiger charge is -2.36. The molecule has 1 amide bonds. The Morgan fingerprint density at radius 1 is 1.33 bits per heavy atom. The number of amides is 1. The lowest BCUT2D eigenvalue weighted by molar-refractivity contribution is -0.122. The number of thiazole rings is 1. The topological polar surface area (TPSA) is 72.9 Å². The number of hydrogen-bond donors (Lipinski definition) is 2. The monoisotopic (exact) mass is 392 g/mol. The van der Waals surface area contributed by atoms with E-state index in [0.29, 0.717) is 25.0 Å². The molecule has 2 heterocycles. The summed E-state index contributed by atoms with van der Waals surface area (Å²) in [5.41, 5.74) is 1.04. The second-order valence-electron chi connectivity index (χ2n) is 7.61. The summed E-state index contributed by atoms with van der Waals surface area (Å²) in [5, 5.41) is 9.74. The maximum absolute atomic E-state index is 12.0. The van der Waals surface area contributed by atoms with Gasteiger partial charge in [0.05, 0.1) is 23.8 Å². The minimum Gasteiger partial charge on any atom is -0.357 e. The summed E-state index contributed by atoms with van der Waals surface area (Å²) in [7, 11) is 0. The van der Waals surface area contributed by atoms with E-state index in [4.69, 9.17) is 4.99 Å². The molecule has 0 unspecified atom stereocenters. The first-order chi connectivity index (χ1) is 13.0. The smallest absolute Gasteiger partial charge is 0.234 e. The highest BCUT2D eigenvalue weighted by atomic mass is 32.1. The summed E-state index contributed by atoms with van der Waals surface area (Å²) < 4.78 is 0. The summed E-state index contributed by atoms with van der Waals surface area (Å²) in [5.74, 6) is 1.57. The molecule has 0 bridgehead atoms. The molecule has 0 atom stereocenters. The van der Waals surface area contributed by atoms with E-state index >= 15 is 0 Å². The molecule has 1 saturated heterocycles. The van der Waals surface area contributed by atoms with Gasteiger partial charge in [0, 0.05) is 50.1 Å². The van der Waals surface area contributed by atoms with Gasteiger partial charge in [-0.25, -0.2) is 9.98 Å². The summed E-state index contributed by atoms with van der Waals surface area (Å²) in [4.78, 5) is 26.0. The molecule has 8 heteroatoms. The molecule has 27 heavy (non-hydrogen) atoms. The average molecular weight is 393 g/mol. The maximum atomic E-state index is 12.0. The molecule has 150 valence electrons. The number of aromatic nitrogens is 1. The van der Waals surface area contributed by atoms with Crippen LogP contribution >= 0.6 is 11.3 Å². The number of carbonyl (C=O) groups excluding carboxylic acids is 1. The Balaban J connectivity index is 1.49. The van der Waals surface area contributed by atoms with Crippen molar-refractivity contribution in [1.29, 1.82) is 0 Å². The van der Waals surface area contributed by atoms with Gasteiger partial charge >= 0.3 is 0 Å². The van der Waals surface area contributed by atoms with Crippen LogP contribution in [0.25, 0.3) is 0 Å². The molecule has 2 fully saturated rings. The van der Waals surface area contributed by atoms with Crippen molar-refractivity contribution in [2.75, 3.05) is 39.3 Å². The van der Waals surface area contributed by atoms with E-state index in [-0.39, 0.29) is 5.91 Å². The van der Waals surface area contributed by atoms with Crippen molar-refractivity contribution in [3.8, 4) is 0 Å². The van der Waals surface area contributed by atoms with Crippen molar-refractivity contribution >= 4 is 23.2 Å². The van der Waals surface area contributed by atoms with Crippen molar-refractivity contribution in [2.45, 2.75) is 52.1 Å². The molecular formula is C19H32N6OS. The molecule has 1 aromatic heterocycles. The maximum Gasteiger partial charge on any atom is 0.234 e. The van der Waals surface area contributed by atoms with Crippen LogP contribution in [-0.4, -0.2) is 72.0 Å². The zero-order chi connectivity index (χ0) is 19.2. The highest BCUT2D eigenvalue weighted by Gasteiger charge is 2.25. The van der Waals surface area contributed by atoms with E-state index in [2.05, 4.69) is 51.6 Å². The lowest BCUT2D eigenvalue weighted by Crippen LogP contribution is -2.54. The zero-order valence-electron chi connectivity index (χ0n) is 16.7. The average Bonchev–Trinajstić information content (AvgIpc) is 3.32. The number of carbonyl (C=O) groups is 1. The predicted molar refractivity (Wildman–Crippen MR) is 110 cm³/mol. The van der Waals surface area contributed by atoms with E-state index in [1.807, 2.05) is 0 Å². The third-order valence-electron chi connectivity index (χ3n) is 4.77. The number of piperazine rings is 1. The molecule has 1 aliphatic heterocycles. The van der Waals surface area contributed by atoms with Gasteiger partial charge < -0.3 is 15.5 Å². The van der Waals surface area contributed by atoms with Gasteiger partial charge in [0.15, 0.2) is 5.96 Å². The van der Waals surface area contributed by atoms with E-state index < -0.39 is 0 Å². The summed E-state index contributed by atoms with van der Waals surface area (Å²) in [6, 6.07) is 0.438. The van der Waals surface area contributed by atoms with Gasteiger partial charge in [-0.05, 0) is 19.8 Å². The van der Waals surface area contributed by atoms with Crippen LogP contribution in [0.3, 0.4) is 0 Å². The first kappa shape index (κ1) is 20.1. The highest BCUT2D eigenvalue weighted by Crippen LogP contribution is 2.20. The molecular weight excluding hydrogens is 360 g/mol. The van der Waals surface area contributed by atoms with Gasteiger partial charge in [0.25, 0.3) is 0 Å². The fraction of sp³-hybridized carbons (Fsp3) is 0.737. The van der Waals surface area contributed by atoms with Crippen LogP contribution in [-0.2, 0) is 11.3 Å². The van der Waals surface area contributed by atoms with Gasteiger partial charge in [0.1, 0.15) is 0 Å². The second kappa shape index (κ2) is 9.50. The van der Waals surface area contributed by atoms with E-state index in [9.17, 15) is 4.79 Å². The minimum atomic E-state index is 0.163. The minimum absolute atomic E-state index is 0.163. The second-order valence-corrected chi connectivity index (χ2v) is 8.50. The molecule has 0 aromatic carbocycles.